The largest absolute Gasteiger partial charge is 0.477 e. The molecule has 2 aromatic rings. The van der Waals surface area contributed by atoms with Crippen molar-refractivity contribution < 1.29 is 19.1 Å². The maximum Gasteiger partial charge on any atom is 0.341 e. The molecule has 0 spiro atoms. The lowest BCUT2D eigenvalue weighted by molar-refractivity contribution is 0.0694. The Kier molecular flexibility index (Phi) is 3.08. The van der Waals surface area contributed by atoms with Crippen LogP contribution in [0.4, 0.5) is 0 Å². The van der Waals surface area contributed by atoms with Crippen molar-refractivity contribution in [1.82, 2.24) is 4.57 Å². The number of nitrogens with zero attached hydrogens (tertiary/aromatic N) is 1. The summed E-state index contributed by atoms with van der Waals surface area (Å²) in [5, 5.41) is 9.04. The molecule has 0 unspecified atom stereocenters. The third-order valence-electron chi connectivity index (χ3n) is 2.82. The zero-order valence-corrected chi connectivity index (χ0v) is 10.3. The first-order valence-corrected chi connectivity index (χ1v) is 5.47. The predicted molar refractivity (Wildman–Crippen MR) is 66.0 cm³/mol. The van der Waals surface area contributed by atoms with Gasteiger partial charge in [-0.2, -0.15) is 0 Å². The lowest BCUT2D eigenvalue weighted by atomic mass is 10.1. The molecule has 98 valence electrons. The van der Waals surface area contributed by atoms with Crippen molar-refractivity contribution in [3.8, 4) is 5.69 Å². The second kappa shape index (κ2) is 4.56. The van der Waals surface area contributed by atoms with E-state index in [-0.39, 0.29) is 11.3 Å². The van der Waals surface area contributed by atoms with Gasteiger partial charge in [-0.25, -0.2) is 4.79 Å². The fraction of sp³-hybridized carbons (Fsp3) is 0.154. The minimum absolute atomic E-state index is 0.193. The molecule has 0 aliphatic carbocycles. The third kappa shape index (κ3) is 2.08. The van der Waals surface area contributed by atoms with Gasteiger partial charge >= 0.3 is 5.97 Å². The standard InChI is InChI=1S/C13H11NO5/c1-7-10(8(2)15)5-11(13(17)18)12(16)14(7)9-3-4-19-6-9/h3-6H,1-2H3,(H,17,18). The highest BCUT2D eigenvalue weighted by Crippen LogP contribution is 2.15. The first-order valence-electron chi connectivity index (χ1n) is 5.47. The van der Waals surface area contributed by atoms with Crippen LogP contribution in [0, 0.1) is 6.92 Å². The third-order valence-corrected chi connectivity index (χ3v) is 2.82. The van der Waals surface area contributed by atoms with Gasteiger partial charge in [-0.1, -0.05) is 0 Å². The summed E-state index contributed by atoms with van der Waals surface area (Å²) in [6.45, 7) is 2.90. The topological polar surface area (TPSA) is 89.5 Å². The van der Waals surface area contributed by atoms with Crippen LogP contribution in [0.15, 0.2) is 33.9 Å². The number of carbonyl (C=O) groups is 2. The Balaban J connectivity index is 2.89. The summed E-state index contributed by atoms with van der Waals surface area (Å²) in [7, 11) is 0. The minimum atomic E-state index is -1.37. The quantitative estimate of drug-likeness (QED) is 0.848. The number of carboxylic acids is 1. The first-order chi connectivity index (χ1) is 8.93. The highest BCUT2D eigenvalue weighted by Gasteiger charge is 2.19. The average Bonchev–Trinajstić information content (AvgIpc) is 2.81. The van der Waals surface area contributed by atoms with Gasteiger partial charge in [0.05, 0.1) is 12.0 Å². The van der Waals surface area contributed by atoms with Crippen molar-refractivity contribution in [2.24, 2.45) is 0 Å². The summed E-state index contributed by atoms with van der Waals surface area (Å²) in [5.74, 6) is -1.68. The van der Waals surface area contributed by atoms with E-state index in [0.29, 0.717) is 11.4 Å². The second-order valence-corrected chi connectivity index (χ2v) is 4.04. The maximum atomic E-state index is 12.1. The molecule has 19 heavy (non-hydrogen) atoms. The van der Waals surface area contributed by atoms with Crippen LogP contribution in [0.5, 0.6) is 0 Å². The number of hydrogen-bond donors (Lipinski definition) is 1. The summed E-state index contributed by atoms with van der Waals surface area (Å²) >= 11 is 0. The maximum absolute atomic E-state index is 12.1. The van der Waals surface area contributed by atoms with Crippen molar-refractivity contribution >= 4 is 11.8 Å². The molecule has 0 bridgehead atoms. The van der Waals surface area contributed by atoms with Gasteiger partial charge in [0.25, 0.3) is 5.56 Å². The zero-order valence-electron chi connectivity index (χ0n) is 10.3. The molecule has 2 aromatic heterocycles. The Morgan fingerprint density at radius 3 is 2.47 bits per heavy atom. The summed E-state index contributed by atoms with van der Waals surface area (Å²) in [5.41, 5.74) is -0.191. The summed E-state index contributed by atoms with van der Waals surface area (Å²) in [6.07, 6.45) is 2.67. The van der Waals surface area contributed by atoms with Crippen molar-refractivity contribution in [1.29, 1.82) is 0 Å². The number of aromatic nitrogens is 1. The molecule has 6 heteroatoms. The van der Waals surface area contributed by atoms with E-state index in [0.717, 1.165) is 10.6 Å². The first kappa shape index (κ1) is 12.8. The Bertz CT molecular complexity index is 709. The smallest absolute Gasteiger partial charge is 0.341 e. The molecule has 0 saturated carbocycles. The molecule has 0 amide bonds. The van der Waals surface area contributed by atoms with E-state index < -0.39 is 17.1 Å². The number of carboxylic acid groups (broad SMARTS) is 1. The van der Waals surface area contributed by atoms with Gasteiger partial charge in [-0.3, -0.25) is 14.2 Å². The van der Waals surface area contributed by atoms with Crippen LogP contribution in [0.1, 0.15) is 33.3 Å². The van der Waals surface area contributed by atoms with E-state index in [4.69, 9.17) is 9.52 Å². The van der Waals surface area contributed by atoms with Crippen LogP contribution in [0.3, 0.4) is 0 Å². The number of furan rings is 1. The molecule has 0 atom stereocenters. The van der Waals surface area contributed by atoms with E-state index in [9.17, 15) is 14.4 Å². The number of carbonyl (C=O) groups excluding carboxylic acids is 1. The number of aromatic carboxylic acids is 1. The van der Waals surface area contributed by atoms with Crippen LogP contribution in [-0.2, 0) is 0 Å². The van der Waals surface area contributed by atoms with Gasteiger partial charge in [0.1, 0.15) is 11.8 Å². The van der Waals surface area contributed by atoms with Crippen molar-refractivity contribution in [2.75, 3.05) is 0 Å². The number of Topliss-reactive ketones (excluding diaryl/α,β-unsaturated/α-hetero) is 1. The number of rotatable bonds is 3. The fourth-order valence-electron chi connectivity index (χ4n) is 1.91. The Labute approximate surface area is 107 Å². The number of pyridine rings is 1. The van der Waals surface area contributed by atoms with Gasteiger partial charge in [-0.15, -0.1) is 0 Å². The molecular formula is C13H11NO5. The fourth-order valence-corrected chi connectivity index (χ4v) is 1.91. The molecule has 0 aromatic carbocycles. The van der Waals surface area contributed by atoms with Gasteiger partial charge < -0.3 is 9.52 Å². The Hall–Kier alpha value is -2.63. The van der Waals surface area contributed by atoms with Gasteiger partial charge in [0.2, 0.25) is 0 Å². The van der Waals surface area contributed by atoms with Crippen molar-refractivity contribution in [2.45, 2.75) is 13.8 Å². The molecule has 1 N–H and O–H groups in total. The zero-order chi connectivity index (χ0) is 14.2. The van der Waals surface area contributed by atoms with Crippen molar-refractivity contribution in [3.05, 3.63) is 51.8 Å². The van der Waals surface area contributed by atoms with E-state index in [1.165, 1.54) is 25.5 Å². The van der Waals surface area contributed by atoms with Gasteiger partial charge in [-0.05, 0) is 19.9 Å². The molecular weight excluding hydrogens is 250 g/mol. The van der Waals surface area contributed by atoms with E-state index in [2.05, 4.69) is 0 Å². The average molecular weight is 261 g/mol. The minimum Gasteiger partial charge on any atom is -0.477 e. The molecule has 0 saturated heterocycles. The highest BCUT2D eigenvalue weighted by atomic mass is 16.4. The normalized spacial score (nSPS) is 10.4. The van der Waals surface area contributed by atoms with E-state index >= 15 is 0 Å². The molecule has 2 heterocycles. The molecule has 0 fully saturated rings. The Morgan fingerprint density at radius 2 is 2.00 bits per heavy atom. The summed E-state index contributed by atoms with van der Waals surface area (Å²) in [6, 6.07) is 2.63. The van der Waals surface area contributed by atoms with E-state index in [1.807, 2.05) is 0 Å². The predicted octanol–water partition coefficient (Wildman–Crippen LogP) is 1.64. The number of ketones is 1. The monoisotopic (exact) mass is 261 g/mol. The highest BCUT2D eigenvalue weighted by molar-refractivity contribution is 5.98. The number of hydrogen-bond acceptors (Lipinski definition) is 4. The summed E-state index contributed by atoms with van der Waals surface area (Å²) < 4.78 is 6.04. The molecule has 6 nitrogen and oxygen atoms in total. The van der Waals surface area contributed by atoms with Crippen LogP contribution in [-0.4, -0.2) is 21.4 Å². The molecule has 0 aliphatic heterocycles. The van der Waals surface area contributed by atoms with Crippen LogP contribution < -0.4 is 5.56 Å². The van der Waals surface area contributed by atoms with Gasteiger partial charge in [0, 0.05) is 17.3 Å². The SMILES string of the molecule is CC(=O)c1cc(C(=O)O)c(=O)n(-c2ccoc2)c1C. The van der Waals surface area contributed by atoms with E-state index in [1.54, 1.807) is 6.92 Å². The molecule has 0 radical (unpaired) electrons. The lowest BCUT2D eigenvalue weighted by Crippen LogP contribution is -2.28. The molecule has 0 aliphatic rings. The van der Waals surface area contributed by atoms with Gasteiger partial charge in [0.15, 0.2) is 5.78 Å². The lowest BCUT2D eigenvalue weighted by Gasteiger charge is -2.12. The Morgan fingerprint density at radius 1 is 1.32 bits per heavy atom. The second-order valence-electron chi connectivity index (χ2n) is 4.04. The summed E-state index contributed by atoms with van der Waals surface area (Å²) in [4.78, 5) is 34.8. The van der Waals surface area contributed by atoms with Crippen LogP contribution in [0.2, 0.25) is 0 Å². The van der Waals surface area contributed by atoms with Crippen LogP contribution in [0.25, 0.3) is 5.69 Å². The molecule has 2 rings (SSSR count). The van der Waals surface area contributed by atoms with Crippen molar-refractivity contribution in [3.63, 3.8) is 0 Å². The van der Waals surface area contributed by atoms with Crippen LogP contribution >= 0.6 is 0 Å².